The highest BCUT2D eigenvalue weighted by Gasteiger charge is 2.15. The number of anilines is 1. The third-order valence-electron chi connectivity index (χ3n) is 2.90. The molecule has 0 bridgehead atoms. The number of nitrogens with one attached hydrogen (secondary N) is 1. The Morgan fingerprint density at radius 2 is 1.86 bits per heavy atom. The first-order valence-corrected chi connectivity index (χ1v) is 6.71. The Kier molecular flexibility index (Phi) is 4.60. The van der Waals surface area contributed by atoms with Crippen molar-refractivity contribution in [2.24, 2.45) is 0 Å². The second-order valence-corrected chi connectivity index (χ2v) is 5.08. The van der Waals surface area contributed by atoms with Crippen LogP contribution in [0, 0.1) is 12.7 Å². The summed E-state index contributed by atoms with van der Waals surface area (Å²) in [6, 6.07) is 8.42. The summed E-state index contributed by atoms with van der Waals surface area (Å²) in [6.45, 7) is 1.69. The molecular weight excluding hydrogens is 316 g/mol. The minimum absolute atomic E-state index is 0.0416. The quantitative estimate of drug-likeness (QED) is 0.849. The number of carbonyl (C=O) groups is 2. The average Bonchev–Trinajstić information content (AvgIpc) is 2.43. The molecule has 0 atom stereocenters. The third kappa shape index (κ3) is 3.40. The van der Waals surface area contributed by atoms with Gasteiger partial charge >= 0.3 is 0 Å². The molecule has 108 valence electrons. The maximum Gasteiger partial charge on any atom is 0.256 e. The van der Waals surface area contributed by atoms with Crippen LogP contribution in [0.1, 0.15) is 26.3 Å². The summed E-state index contributed by atoms with van der Waals surface area (Å²) in [5, 5.41) is 1.86. The van der Waals surface area contributed by atoms with Crippen molar-refractivity contribution in [1.82, 2.24) is 0 Å². The van der Waals surface area contributed by atoms with Crippen LogP contribution in [0.25, 0.3) is 0 Å². The Hall–Kier alpha value is -1.91. The van der Waals surface area contributed by atoms with E-state index in [2.05, 4.69) is 5.32 Å². The molecule has 0 aliphatic carbocycles. The molecule has 1 amide bonds. The Labute approximate surface area is 130 Å². The van der Waals surface area contributed by atoms with Crippen LogP contribution >= 0.6 is 23.2 Å². The van der Waals surface area contributed by atoms with Gasteiger partial charge in [-0.25, -0.2) is 4.39 Å². The Bertz CT molecular complexity index is 732. The zero-order valence-corrected chi connectivity index (χ0v) is 12.4. The Morgan fingerprint density at radius 1 is 1.14 bits per heavy atom. The van der Waals surface area contributed by atoms with Crippen LogP contribution in [0.5, 0.6) is 0 Å². The molecule has 3 nitrogen and oxygen atoms in total. The minimum Gasteiger partial charge on any atom is -0.321 e. The summed E-state index contributed by atoms with van der Waals surface area (Å²) in [4.78, 5) is 23.4. The van der Waals surface area contributed by atoms with Crippen LogP contribution in [0.2, 0.25) is 5.02 Å². The SMILES string of the molecule is Cc1ccc(F)cc1C(=O)Nc1cccc(C(=O)Cl)c1Cl. The molecule has 6 heteroatoms. The molecule has 0 saturated heterocycles. The van der Waals surface area contributed by atoms with E-state index in [1.165, 1.54) is 30.3 Å². The summed E-state index contributed by atoms with van der Waals surface area (Å²) in [5.74, 6) is -1.03. The van der Waals surface area contributed by atoms with E-state index in [9.17, 15) is 14.0 Å². The number of rotatable bonds is 3. The summed E-state index contributed by atoms with van der Waals surface area (Å²) >= 11 is 11.4. The van der Waals surface area contributed by atoms with Gasteiger partial charge in [-0.3, -0.25) is 9.59 Å². The fourth-order valence-corrected chi connectivity index (χ4v) is 2.27. The monoisotopic (exact) mass is 325 g/mol. The van der Waals surface area contributed by atoms with Crippen LogP contribution < -0.4 is 5.32 Å². The first kappa shape index (κ1) is 15.5. The van der Waals surface area contributed by atoms with E-state index in [1.54, 1.807) is 6.92 Å². The lowest BCUT2D eigenvalue weighted by Crippen LogP contribution is -2.14. The highest BCUT2D eigenvalue weighted by molar-refractivity contribution is 6.69. The molecule has 0 unspecified atom stereocenters. The number of benzene rings is 2. The normalized spacial score (nSPS) is 10.3. The lowest BCUT2D eigenvalue weighted by Gasteiger charge is -2.10. The smallest absolute Gasteiger partial charge is 0.256 e. The molecule has 0 heterocycles. The van der Waals surface area contributed by atoms with Crippen molar-refractivity contribution < 1.29 is 14.0 Å². The van der Waals surface area contributed by atoms with Crippen molar-refractivity contribution in [3.05, 3.63) is 63.9 Å². The number of carbonyl (C=O) groups excluding carboxylic acids is 2. The molecular formula is C15H10Cl2FNO2. The van der Waals surface area contributed by atoms with E-state index in [1.807, 2.05) is 0 Å². The minimum atomic E-state index is -0.724. The predicted octanol–water partition coefficient (Wildman–Crippen LogP) is 4.42. The van der Waals surface area contributed by atoms with Crippen molar-refractivity contribution in [2.45, 2.75) is 6.92 Å². The van der Waals surface area contributed by atoms with Crippen LogP contribution in [0.4, 0.5) is 10.1 Å². The number of halogens is 3. The van der Waals surface area contributed by atoms with Gasteiger partial charge in [0.1, 0.15) is 5.82 Å². The predicted molar refractivity (Wildman–Crippen MR) is 80.7 cm³/mol. The Balaban J connectivity index is 2.34. The number of amides is 1. The van der Waals surface area contributed by atoms with Gasteiger partial charge in [-0.15, -0.1) is 0 Å². The summed E-state index contributed by atoms with van der Waals surface area (Å²) in [6.07, 6.45) is 0. The van der Waals surface area contributed by atoms with Crippen LogP contribution in [-0.4, -0.2) is 11.1 Å². The molecule has 2 rings (SSSR count). The van der Waals surface area contributed by atoms with E-state index < -0.39 is 17.0 Å². The first-order valence-electron chi connectivity index (χ1n) is 5.96. The molecule has 2 aromatic rings. The van der Waals surface area contributed by atoms with E-state index in [0.717, 1.165) is 6.07 Å². The van der Waals surface area contributed by atoms with Gasteiger partial charge in [0, 0.05) is 5.56 Å². The van der Waals surface area contributed by atoms with Gasteiger partial charge in [0.05, 0.1) is 16.3 Å². The molecule has 0 radical (unpaired) electrons. The molecule has 21 heavy (non-hydrogen) atoms. The van der Waals surface area contributed by atoms with Crippen LogP contribution in [-0.2, 0) is 0 Å². The van der Waals surface area contributed by atoms with Crippen LogP contribution in [0.15, 0.2) is 36.4 Å². The molecule has 0 aromatic heterocycles. The van der Waals surface area contributed by atoms with Gasteiger partial charge < -0.3 is 5.32 Å². The van der Waals surface area contributed by atoms with E-state index in [0.29, 0.717) is 5.56 Å². The highest BCUT2D eigenvalue weighted by Crippen LogP contribution is 2.27. The van der Waals surface area contributed by atoms with Gasteiger partial charge in [0.25, 0.3) is 11.1 Å². The standard InChI is InChI=1S/C15H10Cl2FNO2/c1-8-5-6-9(18)7-11(8)15(21)19-12-4-2-3-10(13(12)16)14(17)20/h2-7H,1H3,(H,19,21). The number of hydrogen-bond acceptors (Lipinski definition) is 2. The largest absolute Gasteiger partial charge is 0.321 e. The average molecular weight is 326 g/mol. The van der Waals surface area contributed by atoms with Gasteiger partial charge in [-0.1, -0.05) is 23.7 Å². The van der Waals surface area contributed by atoms with Gasteiger partial charge in [-0.2, -0.15) is 0 Å². The van der Waals surface area contributed by atoms with Crippen molar-refractivity contribution >= 4 is 40.0 Å². The second kappa shape index (κ2) is 6.24. The third-order valence-corrected chi connectivity index (χ3v) is 3.51. The lowest BCUT2D eigenvalue weighted by atomic mass is 10.1. The van der Waals surface area contributed by atoms with Crippen molar-refractivity contribution in [3.63, 3.8) is 0 Å². The van der Waals surface area contributed by atoms with Gasteiger partial charge in [0.15, 0.2) is 0 Å². The molecule has 0 aliphatic heterocycles. The molecule has 1 N–H and O–H groups in total. The summed E-state index contributed by atoms with van der Waals surface area (Å²) in [5.41, 5.74) is 1.13. The number of aryl methyl sites for hydroxylation is 1. The molecule has 0 spiro atoms. The molecule has 2 aromatic carbocycles. The zero-order valence-electron chi connectivity index (χ0n) is 10.9. The van der Waals surface area contributed by atoms with Crippen LogP contribution in [0.3, 0.4) is 0 Å². The Morgan fingerprint density at radius 3 is 2.52 bits per heavy atom. The van der Waals surface area contributed by atoms with E-state index >= 15 is 0 Å². The fraction of sp³-hybridized carbons (Fsp3) is 0.0667. The fourth-order valence-electron chi connectivity index (χ4n) is 1.81. The van der Waals surface area contributed by atoms with Gasteiger partial charge in [0.2, 0.25) is 0 Å². The molecule has 0 saturated carbocycles. The number of hydrogen-bond donors (Lipinski definition) is 1. The topological polar surface area (TPSA) is 46.2 Å². The highest BCUT2D eigenvalue weighted by atomic mass is 35.5. The summed E-state index contributed by atoms with van der Waals surface area (Å²) in [7, 11) is 0. The molecule has 0 aliphatic rings. The van der Waals surface area contributed by atoms with Crippen molar-refractivity contribution in [3.8, 4) is 0 Å². The first-order chi connectivity index (χ1) is 9.90. The summed E-state index contributed by atoms with van der Waals surface area (Å²) < 4.78 is 13.2. The van der Waals surface area contributed by atoms with E-state index in [-0.39, 0.29) is 21.8 Å². The lowest BCUT2D eigenvalue weighted by molar-refractivity contribution is 0.102. The van der Waals surface area contributed by atoms with Crippen molar-refractivity contribution in [1.29, 1.82) is 0 Å². The zero-order chi connectivity index (χ0) is 15.6. The van der Waals surface area contributed by atoms with E-state index in [4.69, 9.17) is 23.2 Å². The maximum absolute atomic E-state index is 13.2. The second-order valence-electron chi connectivity index (χ2n) is 4.35. The van der Waals surface area contributed by atoms with Gasteiger partial charge in [-0.05, 0) is 48.4 Å². The maximum atomic E-state index is 13.2. The molecule has 0 fully saturated rings. The van der Waals surface area contributed by atoms with Crippen molar-refractivity contribution in [2.75, 3.05) is 5.32 Å².